The van der Waals surface area contributed by atoms with Crippen LogP contribution in [0.15, 0.2) is 48.5 Å². The molecule has 4 atom stereocenters. The number of cyclic esters (lactones) is 1. The van der Waals surface area contributed by atoms with Crippen molar-refractivity contribution in [2.24, 2.45) is 5.92 Å². The van der Waals surface area contributed by atoms with Gasteiger partial charge in [0.15, 0.2) is 0 Å². The highest BCUT2D eigenvalue weighted by atomic mass is 19.4. The van der Waals surface area contributed by atoms with Crippen LogP contribution in [-0.2, 0) is 33.2 Å². The highest BCUT2D eigenvalue weighted by molar-refractivity contribution is 5.77. The summed E-state index contributed by atoms with van der Waals surface area (Å²) in [6, 6.07) is 9.77. The molecule has 1 amide bonds. The van der Waals surface area contributed by atoms with E-state index in [4.69, 9.17) is 19.2 Å². The monoisotopic (exact) mass is 691 g/mol. The lowest BCUT2D eigenvalue weighted by molar-refractivity contribution is -0.145. The van der Waals surface area contributed by atoms with Crippen LogP contribution in [0.2, 0.25) is 0 Å². The van der Waals surface area contributed by atoms with Crippen molar-refractivity contribution < 1.29 is 50.1 Å². The molecule has 3 aliphatic rings. The van der Waals surface area contributed by atoms with Crippen LogP contribution >= 0.6 is 0 Å². The number of hydrogen-bond acceptors (Lipinski definition) is 7. The van der Waals surface area contributed by atoms with Crippen LogP contribution < -0.4 is 9.64 Å². The number of nitrogens with zero attached hydrogens (tertiary/aromatic N) is 3. The average molecular weight is 692 g/mol. The Bertz CT molecular complexity index is 1710. The molecule has 0 N–H and O–H groups in total. The van der Waals surface area contributed by atoms with E-state index in [1.165, 1.54) is 26.0 Å². The molecule has 1 unspecified atom stereocenters. The number of ether oxygens (including phenoxy) is 3. The van der Waals surface area contributed by atoms with E-state index >= 15 is 0 Å². The number of carbonyl (C=O) groups excluding carboxylic acids is 2. The van der Waals surface area contributed by atoms with Crippen LogP contribution in [-0.4, -0.2) is 55.3 Å². The average Bonchev–Trinajstić information content (AvgIpc) is 3.64. The van der Waals surface area contributed by atoms with Gasteiger partial charge in [0.2, 0.25) is 0 Å². The van der Waals surface area contributed by atoms with Crippen LogP contribution in [0.1, 0.15) is 72.6 Å². The largest absolute Gasteiger partial charge is 0.496 e. The topological polar surface area (TPSA) is 81.2 Å². The first-order valence-corrected chi connectivity index (χ1v) is 16.0. The molecule has 1 saturated carbocycles. The number of methoxy groups -OCH3 is 2. The van der Waals surface area contributed by atoms with E-state index in [1.54, 1.807) is 0 Å². The molecule has 0 radical (unpaired) electrons. The third-order valence-corrected chi connectivity index (χ3v) is 9.74. The highest BCUT2D eigenvalue weighted by Crippen LogP contribution is 2.44. The second-order valence-corrected chi connectivity index (χ2v) is 12.7. The predicted octanol–water partition coefficient (Wildman–Crippen LogP) is 8.14. The quantitative estimate of drug-likeness (QED) is 0.174. The van der Waals surface area contributed by atoms with Crippen LogP contribution in [0.3, 0.4) is 0 Å². The first kappa shape index (κ1) is 34.4. The minimum absolute atomic E-state index is 0.0445. The van der Waals surface area contributed by atoms with Gasteiger partial charge in [-0.2, -0.15) is 26.3 Å². The van der Waals surface area contributed by atoms with E-state index in [0.29, 0.717) is 53.4 Å². The molecule has 262 valence electrons. The van der Waals surface area contributed by atoms with E-state index in [1.807, 2.05) is 30.3 Å². The molecule has 2 aromatic carbocycles. The molecule has 1 aliphatic carbocycles. The lowest BCUT2D eigenvalue weighted by Gasteiger charge is -2.33. The number of aromatic nitrogens is 1. The second-order valence-electron chi connectivity index (χ2n) is 12.7. The van der Waals surface area contributed by atoms with Crippen molar-refractivity contribution in [3.8, 4) is 16.9 Å². The lowest BCUT2D eigenvalue weighted by Crippen LogP contribution is -2.38. The summed E-state index contributed by atoms with van der Waals surface area (Å²) >= 11 is 0. The van der Waals surface area contributed by atoms with Gasteiger partial charge in [-0.15, -0.1) is 0 Å². The zero-order chi connectivity index (χ0) is 35.2. The minimum Gasteiger partial charge on any atom is -0.496 e. The van der Waals surface area contributed by atoms with Gasteiger partial charge in [-0.3, -0.25) is 9.69 Å². The standard InChI is InChI=1S/C35H35F6N3O5/c1-19-31(23-14-24(34(36,37)38)17-25(15-23)35(39,40)41)49-33(46)44(19)18-28-26(8-10-30(42-28)43-11-4-12-43)27-16-21(7-9-29(27)47-2)20-5-6-22(13-20)32(45)48-3/h7-10,14-17,19-20,22,31H,4-6,11-13,18H2,1-3H3/t19-,20+,22?,31-/m0/s1. The van der Waals surface area contributed by atoms with Gasteiger partial charge in [0.25, 0.3) is 0 Å². The highest BCUT2D eigenvalue weighted by Gasteiger charge is 2.44. The van der Waals surface area contributed by atoms with Crippen molar-refractivity contribution >= 4 is 17.9 Å². The summed E-state index contributed by atoms with van der Waals surface area (Å²) in [4.78, 5) is 33.7. The number of esters is 1. The smallest absolute Gasteiger partial charge is 0.416 e. The number of halogens is 6. The number of pyridine rings is 1. The maximum Gasteiger partial charge on any atom is 0.416 e. The number of benzene rings is 2. The first-order valence-electron chi connectivity index (χ1n) is 16.0. The van der Waals surface area contributed by atoms with E-state index < -0.39 is 47.3 Å². The fourth-order valence-corrected chi connectivity index (χ4v) is 6.90. The Morgan fingerprint density at radius 3 is 2.20 bits per heavy atom. The van der Waals surface area contributed by atoms with Gasteiger partial charge in [-0.25, -0.2) is 9.78 Å². The van der Waals surface area contributed by atoms with Crippen LogP contribution in [0, 0.1) is 5.92 Å². The molecule has 6 rings (SSSR count). The number of anilines is 1. The van der Waals surface area contributed by atoms with Gasteiger partial charge in [0, 0.05) is 24.2 Å². The van der Waals surface area contributed by atoms with Crippen molar-refractivity contribution in [3.05, 3.63) is 76.5 Å². The number of amides is 1. The zero-order valence-electron chi connectivity index (χ0n) is 27.0. The molecule has 2 saturated heterocycles. The molecule has 3 fully saturated rings. The van der Waals surface area contributed by atoms with E-state index in [9.17, 15) is 35.9 Å². The van der Waals surface area contributed by atoms with E-state index in [2.05, 4.69) is 4.90 Å². The van der Waals surface area contributed by atoms with Crippen LogP contribution in [0.4, 0.5) is 37.0 Å². The van der Waals surface area contributed by atoms with Crippen molar-refractivity contribution in [2.45, 2.75) is 69.6 Å². The number of alkyl halides is 6. The molecule has 0 spiro atoms. The Kier molecular flexibility index (Phi) is 9.18. The van der Waals surface area contributed by atoms with Gasteiger partial charge >= 0.3 is 24.4 Å². The fraction of sp³-hybridized carbons (Fsp3) is 0.457. The molecular formula is C35H35F6N3O5. The van der Waals surface area contributed by atoms with Gasteiger partial charge in [-0.1, -0.05) is 6.07 Å². The Balaban J connectivity index is 1.36. The summed E-state index contributed by atoms with van der Waals surface area (Å²) in [5, 5.41) is 0. The van der Waals surface area contributed by atoms with E-state index in [0.717, 1.165) is 31.5 Å². The molecule has 8 nitrogen and oxygen atoms in total. The molecule has 49 heavy (non-hydrogen) atoms. The molecular weight excluding hydrogens is 656 g/mol. The van der Waals surface area contributed by atoms with Crippen molar-refractivity contribution in [1.82, 2.24) is 9.88 Å². The van der Waals surface area contributed by atoms with Crippen molar-refractivity contribution in [1.29, 1.82) is 0 Å². The Morgan fingerprint density at radius 2 is 1.61 bits per heavy atom. The summed E-state index contributed by atoms with van der Waals surface area (Å²) in [6.45, 7) is 2.95. The maximum atomic E-state index is 13.6. The van der Waals surface area contributed by atoms with Gasteiger partial charge in [0.1, 0.15) is 17.7 Å². The van der Waals surface area contributed by atoms with Gasteiger partial charge in [-0.05, 0) is 92.1 Å². The Labute approximate surface area is 278 Å². The number of rotatable bonds is 8. The van der Waals surface area contributed by atoms with Crippen LogP contribution in [0.25, 0.3) is 11.1 Å². The van der Waals surface area contributed by atoms with Crippen molar-refractivity contribution in [2.75, 3.05) is 32.2 Å². The molecule has 0 bridgehead atoms. The summed E-state index contributed by atoms with van der Waals surface area (Å²) in [6.07, 6.45) is -9.31. The van der Waals surface area contributed by atoms with Gasteiger partial charge < -0.3 is 19.1 Å². The summed E-state index contributed by atoms with van der Waals surface area (Å²) in [5.74, 6) is 0.849. The van der Waals surface area contributed by atoms with Gasteiger partial charge in [0.05, 0.1) is 49.5 Å². The molecule has 14 heteroatoms. The number of carbonyl (C=O) groups is 2. The second kappa shape index (κ2) is 13.1. The minimum atomic E-state index is -5.05. The number of hydrogen-bond donors (Lipinski definition) is 0. The lowest BCUT2D eigenvalue weighted by atomic mass is 9.91. The molecule has 3 aromatic rings. The Hall–Kier alpha value is -4.49. The fourth-order valence-electron chi connectivity index (χ4n) is 6.90. The zero-order valence-corrected chi connectivity index (χ0v) is 27.0. The van der Waals surface area contributed by atoms with E-state index in [-0.39, 0.29) is 30.4 Å². The first-order chi connectivity index (χ1) is 23.2. The summed E-state index contributed by atoms with van der Waals surface area (Å²) < 4.78 is 97.9. The SMILES string of the molecule is COC(=O)C1CC[C@@H](c2ccc(OC)c(-c3ccc(N4CCC4)nc3CN3C(=O)O[C@H](c4cc(C(F)(F)F)cc(C(F)(F)F)c4)[C@@H]3C)c2)C1. The normalized spacial score (nSPS) is 22.6. The maximum absolute atomic E-state index is 13.6. The molecule has 1 aromatic heterocycles. The summed E-state index contributed by atoms with van der Waals surface area (Å²) in [7, 11) is 2.90. The molecule has 3 heterocycles. The third kappa shape index (κ3) is 6.86. The third-order valence-electron chi connectivity index (χ3n) is 9.74. The Morgan fingerprint density at radius 1 is 0.918 bits per heavy atom. The summed E-state index contributed by atoms with van der Waals surface area (Å²) in [5.41, 5.74) is -0.642. The van der Waals surface area contributed by atoms with Crippen molar-refractivity contribution in [3.63, 3.8) is 0 Å². The predicted molar refractivity (Wildman–Crippen MR) is 166 cm³/mol. The van der Waals surface area contributed by atoms with Crippen LogP contribution in [0.5, 0.6) is 5.75 Å². The molecule has 2 aliphatic heterocycles.